The van der Waals surface area contributed by atoms with Crippen molar-refractivity contribution in [2.24, 2.45) is 0 Å². The van der Waals surface area contributed by atoms with E-state index in [-0.39, 0.29) is 17.8 Å². The number of hydrogen-bond acceptors (Lipinski definition) is 6. The predicted molar refractivity (Wildman–Crippen MR) is 113 cm³/mol. The molecule has 2 aliphatic rings. The van der Waals surface area contributed by atoms with E-state index >= 15 is 0 Å². The zero-order valence-electron chi connectivity index (χ0n) is 17.0. The van der Waals surface area contributed by atoms with Gasteiger partial charge in [-0.2, -0.15) is 5.10 Å². The highest BCUT2D eigenvalue weighted by Gasteiger charge is 2.31. The SMILES string of the molecule is C[C@H](CC(=O)c1cn[nH]c1)c1ccc(OC2CN(c3ncc(C4CC4)cn3)C2)cc1. The van der Waals surface area contributed by atoms with Crippen LogP contribution in [0.3, 0.4) is 0 Å². The molecule has 0 radical (unpaired) electrons. The van der Waals surface area contributed by atoms with E-state index < -0.39 is 0 Å². The first kappa shape index (κ1) is 18.8. The van der Waals surface area contributed by atoms with Crippen molar-refractivity contribution in [2.75, 3.05) is 18.0 Å². The number of carbonyl (C=O) groups is 1. The van der Waals surface area contributed by atoms with Gasteiger partial charge >= 0.3 is 0 Å². The van der Waals surface area contributed by atoms with Gasteiger partial charge in [0.05, 0.1) is 24.8 Å². The van der Waals surface area contributed by atoms with Crippen molar-refractivity contribution in [2.45, 2.75) is 44.1 Å². The van der Waals surface area contributed by atoms with Crippen LogP contribution in [0.5, 0.6) is 5.75 Å². The molecular weight excluding hydrogens is 378 g/mol. The molecule has 30 heavy (non-hydrogen) atoms. The maximum absolute atomic E-state index is 12.3. The van der Waals surface area contributed by atoms with Crippen LogP contribution in [-0.4, -0.2) is 45.1 Å². The molecule has 1 atom stereocenters. The van der Waals surface area contributed by atoms with Crippen molar-refractivity contribution in [3.05, 3.63) is 65.7 Å². The molecule has 7 nitrogen and oxygen atoms in total. The number of ketones is 1. The van der Waals surface area contributed by atoms with Gasteiger partial charge in [-0.3, -0.25) is 9.89 Å². The third-order valence-electron chi connectivity index (χ3n) is 5.90. The Morgan fingerprint density at radius 2 is 1.90 bits per heavy atom. The van der Waals surface area contributed by atoms with Crippen LogP contribution in [0, 0.1) is 0 Å². The first-order valence-electron chi connectivity index (χ1n) is 10.5. The zero-order chi connectivity index (χ0) is 20.5. The molecule has 154 valence electrons. The Bertz CT molecular complexity index is 991. The lowest BCUT2D eigenvalue weighted by Crippen LogP contribution is -2.54. The average molecular weight is 403 g/mol. The number of hydrogen-bond donors (Lipinski definition) is 1. The lowest BCUT2D eigenvalue weighted by molar-refractivity contribution is 0.0975. The second-order valence-corrected chi connectivity index (χ2v) is 8.32. The van der Waals surface area contributed by atoms with Gasteiger partial charge in [-0.15, -0.1) is 0 Å². The van der Waals surface area contributed by atoms with Crippen molar-refractivity contribution in [3.63, 3.8) is 0 Å². The minimum atomic E-state index is 0.0959. The number of benzene rings is 1. The molecule has 1 saturated carbocycles. The predicted octanol–water partition coefficient (Wildman–Crippen LogP) is 3.72. The molecule has 3 aromatic rings. The van der Waals surface area contributed by atoms with E-state index in [0.717, 1.165) is 30.4 Å². The topological polar surface area (TPSA) is 84.0 Å². The molecular formula is C23H25N5O2. The number of aromatic amines is 1. The highest BCUT2D eigenvalue weighted by molar-refractivity contribution is 5.96. The van der Waals surface area contributed by atoms with E-state index in [2.05, 4.69) is 32.0 Å². The third kappa shape index (κ3) is 4.06. The maximum atomic E-state index is 12.3. The van der Waals surface area contributed by atoms with Gasteiger partial charge in [0.1, 0.15) is 11.9 Å². The Labute approximate surface area is 175 Å². The molecule has 7 heteroatoms. The zero-order valence-corrected chi connectivity index (χ0v) is 17.0. The number of H-pyrrole nitrogens is 1. The Morgan fingerprint density at radius 3 is 2.53 bits per heavy atom. The van der Waals surface area contributed by atoms with Gasteiger partial charge in [-0.25, -0.2) is 9.97 Å². The van der Waals surface area contributed by atoms with E-state index in [0.29, 0.717) is 17.9 Å². The molecule has 1 N–H and O–H groups in total. The first-order chi connectivity index (χ1) is 14.7. The molecule has 3 heterocycles. The highest BCUT2D eigenvalue weighted by atomic mass is 16.5. The standard InChI is InChI=1S/C23H25N5O2/c1-15(8-22(29)19-11-26-27-12-19)16-4-6-20(7-5-16)30-21-13-28(14-21)23-24-9-18(10-25-23)17-2-3-17/h4-7,9-12,15,17,21H,2-3,8,13-14H2,1H3,(H,26,27)/t15-/m1/s1. The minimum Gasteiger partial charge on any atom is -0.487 e. The number of anilines is 1. The number of nitrogens with zero attached hydrogens (tertiary/aromatic N) is 4. The van der Waals surface area contributed by atoms with Crippen molar-refractivity contribution in [1.29, 1.82) is 0 Å². The summed E-state index contributed by atoms with van der Waals surface area (Å²) in [6.45, 7) is 3.65. The summed E-state index contributed by atoms with van der Waals surface area (Å²) in [6.07, 6.45) is 10.3. The molecule has 1 aliphatic carbocycles. The van der Waals surface area contributed by atoms with Crippen LogP contribution in [0.2, 0.25) is 0 Å². The van der Waals surface area contributed by atoms with Crippen LogP contribution in [0.1, 0.15) is 59.5 Å². The molecule has 1 saturated heterocycles. The minimum absolute atomic E-state index is 0.0959. The largest absolute Gasteiger partial charge is 0.487 e. The number of rotatable bonds is 8. The molecule has 0 amide bonds. The van der Waals surface area contributed by atoms with Crippen LogP contribution >= 0.6 is 0 Å². The summed E-state index contributed by atoms with van der Waals surface area (Å²) in [5.41, 5.74) is 3.01. The van der Waals surface area contributed by atoms with E-state index in [4.69, 9.17) is 4.74 Å². The second kappa shape index (κ2) is 7.89. The van der Waals surface area contributed by atoms with E-state index in [9.17, 15) is 4.79 Å². The van der Waals surface area contributed by atoms with Crippen LogP contribution < -0.4 is 9.64 Å². The van der Waals surface area contributed by atoms with Crippen molar-refractivity contribution in [1.82, 2.24) is 20.2 Å². The van der Waals surface area contributed by atoms with Gasteiger partial charge in [0.25, 0.3) is 0 Å². The van der Waals surface area contributed by atoms with Crippen LogP contribution in [-0.2, 0) is 0 Å². The van der Waals surface area contributed by atoms with Gasteiger partial charge in [0, 0.05) is 25.0 Å². The van der Waals surface area contributed by atoms with Crippen LogP contribution in [0.25, 0.3) is 0 Å². The molecule has 1 aromatic carbocycles. The number of nitrogens with one attached hydrogen (secondary N) is 1. The third-order valence-corrected chi connectivity index (χ3v) is 5.90. The quantitative estimate of drug-likeness (QED) is 0.577. The lowest BCUT2D eigenvalue weighted by Gasteiger charge is -2.38. The smallest absolute Gasteiger partial charge is 0.225 e. The normalized spacial score (nSPS) is 17.4. The summed E-state index contributed by atoms with van der Waals surface area (Å²) in [4.78, 5) is 23.4. The summed E-state index contributed by atoms with van der Waals surface area (Å²) in [6, 6.07) is 8.05. The number of Topliss-reactive ketones (excluding diaryl/α,β-unsaturated/α-hetero) is 1. The van der Waals surface area contributed by atoms with Crippen molar-refractivity contribution in [3.8, 4) is 5.75 Å². The fourth-order valence-electron chi connectivity index (χ4n) is 3.78. The summed E-state index contributed by atoms with van der Waals surface area (Å²) >= 11 is 0. The Hall–Kier alpha value is -3.22. The van der Waals surface area contributed by atoms with Gasteiger partial charge in [-0.1, -0.05) is 19.1 Å². The van der Waals surface area contributed by atoms with Crippen LogP contribution in [0.4, 0.5) is 5.95 Å². The average Bonchev–Trinajstić information content (AvgIpc) is 3.44. The molecule has 5 rings (SSSR count). The summed E-state index contributed by atoms with van der Waals surface area (Å²) in [5, 5.41) is 6.52. The fourth-order valence-corrected chi connectivity index (χ4v) is 3.78. The number of ether oxygens (including phenoxy) is 1. The van der Waals surface area contributed by atoms with Gasteiger partial charge < -0.3 is 9.64 Å². The highest BCUT2D eigenvalue weighted by Crippen LogP contribution is 2.39. The molecule has 0 unspecified atom stereocenters. The number of carbonyl (C=O) groups excluding carboxylic acids is 1. The number of aromatic nitrogens is 4. The maximum Gasteiger partial charge on any atom is 0.225 e. The molecule has 2 aromatic heterocycles. The summed E-state index contributed by atoms with van der Waals surface area (Å²) in [5.74, 6) is 2.54. The van der Waals surface area contributed by atoms with Gasteiger partial charge in [0.2, 0.25) is 5.95 Å². The molecule has 2 fully saturated rings. The van der Waals surface area contributed by atoms with Crippen molar-refractivity contribution < 1.29 is 9.53 Å². The Kier molecular flexibility index (Phi) is 4.94. The Morgan fingerprint density at radius 1 is 1.17 bits per heavy atom. The van der Waals surface area contributed by atoms with E-state index in [1.54, 1.807) is 12.4 Å². The molecule has 0 bridgehead atoms. The summed E-state index contributed by atoms with van der Waals surface area (Å²) in [7, 11) is 0. The monoisotopic (exact) mass is 403 g/mol. The lowest BCUT2D eigenvalue weighted by atomic mass is 9.94. The summed E-state index contributed by atoms with van der Waals surface area (Å²) < 4.78 is 6.07. The van der Waals surface area contributed by atoms with Crippen molar-refractivity contribution >= 4 is 11.7 Å². The van der Waals surface area contributed by atoms with Crippen LogP contribution in [0.15, 0.2) is 49.1 Å². The van der Waals surface area contributed by atoms with Gasteiger partial charge in [-0.05, 0) is 47.9 Å². The second-order valence-electron chi connectivity index (χ2n) is 8.32. The molecule has 0 spiro atoms. The Balaban J connectivity index is 1.11. The van der Waals surface area contributed by atoms with E-state index in [1.165, 1.54) is 18.4 Å². The van der Waals surface area contributed by atoms with Gasteiger partial charge in [0.15, 0.2) is 5.78 Å². The molecule has 1 aliphatic heterocycles. The fraction of sp³-hybridized carbons (Fsp3) is 0.391. The van der Waals surface area contributed by atoms with E-state index in [1.807, 2.05) is 36.7 Å². The first-order valence-corrected chi connectivity index (χ1v) is 10.5.